The lowest BCUT2D eigenvalue weighted by molar-refractivity contribution is 0.947. The number of rotatable bonds is 1. The monoisotopic (exact) mass is 195 g/mol. The second kappa shape index (κ2) is 2.92. The summed E-state index contributed by atoms with van der Waals surface area (Å²) in [5.41, 5.74) is 0.685. The molecule has 0 fully saturated rings. The zero-order valence-electron chi connectivity index (χ0n) is 7.42. The quantitative estimate of drug-likeness (QED) is 0.745. The molecule has 0 atom stereocenters. The van der Waals surface area contributed by atoms with Crippen LogP contribution in [-0.4, -0.2) is 14.3 Å². The van der Waals surface area contributed by atoms with E-state index in [1.807, 2.05) is 13.8 Å². The van der Waals surface area contributed by atoms with Crippen molar-refractivity contribution in [2.75, 3.05) is 0 Å². The van der Waals surface area contributed by atoms with Crippen LogP contribution in [0.15, 0.2) is 4.79 Å². The van der Waals surface area contributed by atoms with Gasteiger partial charge in [0.1, 0.15) is 5.82 Å². The van der Waals surface area contributed by atoms with Crippen LogP contribution in [0.25, 0.3) is 10.2 Å². The van der Waals surface area contributed by atoms with E-state index in [1.165, 1.54) is 11.5 Å². The van der Waals surface area contributed by atoms with Crippen LogP contribution in [0.1, 0.15) is 18.4 Å². The molecule has 0 saturated heterocycles. The van der Waals surface area contributed by atoms with Gasteiger partial charge in [0.15, 0.2) is 4.83 Å². The van der Waals surface area contributed by atoms with Crippen molar-refractivity contribution in [2.24, 2.45) is 0 Å². The molecule has 0 amide bonds. The van der Waals surface area contributed by atoms with Gasteiger partial charge in [0.2, 0.25) is 0 Å². The lowest BCUT2D eigenvalue weighted by Gasteiger charge is -1.94. The average molecular weight is 195 g/mol. The van der Waals surface area contributed by atoms with Crippen LogP contribution >= 0.6 is 11.5 Å². The number of aromatic nitrogens is 3. The van der Waals surface area contributed by atoms with Crippen LogP contribution in [0.4, 0.5) is 0 Å². The molecule has 0 aromatic carbocycles. The molecular formula is C8H9N3OS. The van der Waals surface area contributed by atoms with E-state index in [0.29, 0.717) is 5.39 Å². The van der Waals surface area contributed by atoms with Gasteiger partial charge in [-0.25, -0.2) is 4.98 Å². The molecule has 2 aromatic heterocycles. The molecule has 13 heavy (non-hydrogen) atoms. The largest absolute Gasteiger partial charge is 0.310 e. The van der Waals surface area contributed by atoms with Gasteiger partial charge in [0.25, 0.3) is 5.56 Å². The number of hydrogen-bond acceptors (Lipinski definition) is 4. The van der Waals surface area contributed by atoms with Crippen LogP contribution in [0.3, 0.4) is 0 Å². The van der Waals surface area contributed by atoms with Gasteiger partial charge >= 0.3 is 0 Å². The predicted octanol–water partition coefficient (Wildman–Crippen LogP) is 1.25. The number of H-pyrrole nitrogens is 1. The molecule has 0 aliphatic carbocycles. The van der Waals surface area contributed by atoms with Crippen LogP contribution in [-0.2, 0) is 6.42 Å². The Bertz CT molecular complexity index is 500. The molecule has 2 rings (SSSR count). The molecule has 0 unspecified atom stereocenters. The van der Waals surface area contributed by atoms with Crippen molar-refractivity contribution in [3.05, 3.63) is 21.9 Å². The van der Waals surface area contributed by atoms with Gasteiger partial charge in [0.05, 0.1) is 11.1 Å². The minimum Gasteiger partial charge on any atom is -0.310 e. The van der Waals surface area contributed by atoms with Crippen LogP contribution in [0.5, 0.6) is 0 Å². The van der Waals surface area contributed by atoms with Gasteiger partial charge < -0.3 is 4.98 Å². The molecule has 5 heteroatoms. The van der Waals surface area contributed by atoms with Crippen LogP contribution in [0, 0.1) is 6.92 Å². The normalized spacial score (nSPS) is 10.9. The van der Waals surface area contributed by atoms with E-state index >= 15 is 0 Å². The van der Waals surface area contributed by atoms with Crippen molar-refractivity contribution in [1.82, 2.24) is 14.3 Å². The van der Waals surface area contributed by atoms with Gasteiger partial charge in [-0.15, -0.1) is 0 Å². The Kier molecular flexibility index (Phi) is 1.88. The molecule has 4 nitrogen and oxygen atoms in total. The van der Waals surface area contributed by atoms with E-state index in [9.17, 15) is 4.79 Å². The van der Waals surface area contributed by atoms with Crippen molar-refractivity contribution in [3.8, 4) is 0 Å². The first kappa shape index (κ1) is 8.37. The Morgan fingerprint density at radius 1 is 1.54 bits per heavy atom. The third-order valence-corrected chi connectivity index (χ3v) is 2.73. The Balaban J connectivity index is 2.87. The highest BCUT2D eigenvalue weighted by atomic mass is 32.1. The lowest BCUT2D eigenvalue weighted by atomic mass is 10.3. The molecule has 0 saturated carbocycles. The maximum atomic E-state index is 11.5. The predicted molar refractivity (Wildman–Crippen MR) is 52.2 cm³/mol. The maximum Gasteiger partial charge on any atom is 0.261 e. The van der Waals surface area contributed by atoms with Crippen molar-refractivity contribution < 1.29 is 0 Å². The Labute approximate surface area is 78.8 Å². The Morgan fingerprint density at radius 3 is 3.00 bits per heavy atom. The van der Waals surface area contributed by atoms with Gasteiger partial charge in [0, 0.05) is 6.42 Å². The highest BCUT2D eigenvalue weighted by Gasteiger charge is 2.08. The fraction of sp³-hybridized carbons (Fsp3) is 0.375. The minimum atomic E-state index is -0.0758. The summed E-state index contributed by atoms with van der Waals surface area (Å²) in [6.07, 6.45) is 0.738. The van der Waals surface area contributed by atoms with E-state index in [-0.39, 0.29) is 5.56 Å². The highest BCUT2D eigenvalue weighted by molar-refractivity contribution is 7.12. The molecule has 2 aromatic rings. The number of fused-ring (bicyclic) bond motifs is 1. The Morgan fingerprint density at radius 2 is 2.31 bits per heavy atom. The molecule has 1 N–H and O–H groups in total. The number of aryl methyl sites for hydroxylation is 2. The fourth-order valence-corrected chi connectivity index (χ4v) is 2.00. The van der Waals surface area contributed by atoms with Crippen molar-refractivity contribution in [1.29, 1.82) is 0 Å². The summed E-state index contributed by atoms with van der Waals surface area (Å²) in [4.78, 5) is 19.2. The van der Waals surface area contributed by atoms with Gasteiger partial charge in [-0.05, 0) is 18.5 Å². The first-order chi connectivity index (χ1) is 6.22. The number of hydrogen-bond donors (Lipinski definition) is 1. The topological polar surface area (TPSA) is 58.6 Å². The van der Waals surface area contributed by atoms with Crippen LogP contribution in [0.2, 0.25) is 0 Å². The fourth-order valence-electron chi connectivity index (χ4n) is 1.21. The summed E-state index contributed by atoms with van der Waals surface area (Å²) in [7, 11) is 0. The SMILES string of the molecule is CCc1nc2snc(C)c2c(=O)[nH]1. The molecule has 68 valence electrons. The summed E-state index contributed by atoms with van der Waals surface area (Å²) in [6, 6.07) is 0. The molecule has 0 spiro atoms. The second-order valence-corrected chi connectivity index (χ2v) is 3.57. The molecule has 2 heterocycles. The summed E-state index contributed by atoms with van der Waals surface area (Å²) in [5, 5.41) is 0.627. The molecular weight excluding hydrogens is 186 g/mol. The van der Waals surface area contributed by atoms with Crippen molar-refractivity contribution in [3.63, 3.8) is 0 Å². The summed E-state index contributed by atoms with van der Waals surface area (Å²) in [5.74, 6) is 0.723. The van der Waals surface area contributed by atoms with Gasteiger partial charge in [-0.1, -0.05) is 6.92 Å². The van der Waals surface area contributed by atoms with Gasteiger partial charge in [-0.3, -0.25) is 4.79 Å². The molecule has 0 aliphatic rings. The molecule has 0 bridgehead atoms. The van der Waals surface area contributed by atoms with E-state index in [0.717, 1.165) is 22.8 Å². The number of nitrogens with zero attached hydrogens (tertiary/aromatic N) is 2. The number of nitrogens with one attached hydrogen (secondary N) is 1. The van der Waals surface area contributed by atoms with E-state index in [1.54, 1.807) is 0 Å². The summed E-state index contributed by atoms with van der Waals surface area (Å²) in [6.45, 7) is 3.78. The van der Waals surface area contributed by atoms with Crippen LogP contribution < -0.4 is 5.56 Å². The maximum absolute atomic E-state index is 11.5. The van der Waals surface area contributed by atoms with Crippen molar-refractivity contribution >= 4 is 21.7 Å². The molecule has 0 radical (unpaired) electrons. The zero-order valence-corrected chi connectivity index (χ0v) is 8.23. The van der Waals surface area contributed by atoms with E-state index in [2.05, 4.69) is 14.3 Å². The lowest BCUT2D eigenvalue weighted by Crippen LogP contribution is -2.10. The van der Waals surface area contributed by atoms with Gasteiger partial charge in [-0.2, -0.15) is 4.37 Å². The van der Waals surface area contributed by atoms with E-state index < -0.39 is 0 Å². The Hall–Kier alpha value is -1.23. The average Bonchev–Trinajstić information content (AvgIpc) is 2.48. The summed E-state index contributed by atoms with van der Waals surface area (Å²) >= 11 is 1.28. The number of aromatic amines is 1. The van der Waals surface area contributed by atoms with Crippen molar-refractivity contribution in [2.45, 2.75) is 20.3 Å². The third kappa shape index (κ3) is 1.25. The third-order valence-electron chi connectivity index (χ3n) is 1.90. The smallest absolute Gasteiger partial charge is 0.261 e. The highest BCUT2D eigenvalue weighted by Crippen LogP contribution is 2.15. The first-order valence-electron chi connectivity index (χ1n) is 4.07. The first-order valence-corrected chi connectivity index (χ1v) is 4.85. The minimum absolute atomic E-state index is 0.0758. The standard InChI is InChI=1S/C8H9N3OS/c1-3-5-9-7(12)6-4(2)11-13-8(6)10-5/h3H2,1-2H3,(H,9,10,12). The summed E-state index contributed by atoms with van der Waals surface area (Å²) < 4.78 is 4.09. The second-order valence-electron chi connectivity index (χ2n) is 2.81. The van der Waals surface area contributed by atoms with E-state index in [4.69, 9.17) is 0 Å². The molecule has 0 aliphatic heterocycles. The zero-order chi connectivity index (χ0) is 9.42.